The monoisotopic (exact) mass is 572 g/mol. The third kappa shape index (κ3) is 9.40. The Morgan fingerprint density at radius 3 is 2.12 bits per heavy atom. The number of carbonyl (C=O) groups excluding carboxylic acids is 2. The molecule has 0 aliphatic heterocycles. The van der Waals surface area contributed by atoms with Gasteiger partial charge in [-0.25, -0.2) is 18.7 Å². The molecule has 2 rings (SSSR count). The van der Waals surface area contributed by atoms with Crippen molar-refractivity contribution in [2.24, 2.45) is 5.73 Å². The van der Waals surface area contributed by atoms with E-state index in [0.717, 1.165) is 31.6 Å². The highest BCUT2D eigenvalue weighted by molar-refractivity contribution is 5.97. The van der Waals surface area contributed by atoms with Crippen molar-refractivity contribution in [3.8, 4) is 0 Å². The van der Waals surface area contributed by atoms with Gasteiger partial charge in [0, 0.05) is 39.3 Å². The first-order chi connectivity index (χ1) is 19.0. The number of nitrogens with two attached hydrogens (primary N) is 2. The molecular formula is C23H35F3N10O4. The molecule has 2 aromatic rings. The standard InChI is InChI=1S/C14H26N6O.C9H9F3N4O3/c1-4-7-16-12-10(3)19-13(17-8-5-2)11(20-12)14(21)18-9-6-15;10-4-5(11)9(16(18)19)8(6(12)7(4)13)15-2-1-14-3-17/h4-9,15H2,1-3H3,(H,16,20)(H,17,19)(H,18,21);3,15H,1-2,13H2,(H,14,17). The van der Waals surface area contributed by atoms with Gasteiger partial charge in [0.05, 0.1) is 10.6 Å². The van der Waals surface area contributed by atoms with Crippen molar-refractivity contribution in [2.75, 3.05) is 61.0 Å². The van der Waals surface area contributed by atoms with Crippen molar-refractivity contribution in [3.05, 3.63) is 39.0 Å². The fourth-order valence-corrected chi connectivity index (χ4v) is 3.04. The lowest BCUT2D eigenvalue weighted by atomic mass is 10.2. The van der Waals surface area contributed by atoms with Crippen molar-refractivity contribution in [1.29, 1.82) is 0 Å². The number of nitro benzene ring substituents is 1. The third-order valence-corrected chi connectivity index (χ3v) is 4.97. The fourth-order valence-electron chi connectivity index (χ4n) is 3.04. The van der Waals surface area contributed by atoms with Crippen LogP contribution < -0.4 is 38.1 Å². The minimum absolute atomic E-state index is 0.000997. The van der Waals surface area contributed by atoms with Crippen LogP contribution in [0.5, 0.6) is 0 Å². The number of nitrogen functional groups attached to an aromatic ring is 1. The summed E-state index contributed by atoms with van der Waals surface area (Å²) in [6.45, 7) is 8.21. The molecule has 222 valence electrons. The van der Waals surface area contributed by atoms with Gasteiger partial charge >= 0.3 is 5.69 Å². The van der Waals surface area contributed by atoms with E-state index in [0.29, 0.717) is 36.8 Å². The third-order valence-electron chi connectivity index (χ3n) is 4.97. The second-order valence-corrected chi connectivity index (χ2v) is 8.09. The van der Waals surface area contributed by atoms with E-state index < -0.39 is 39.4 Å². The summed E-state index contributed by atoms with van der Waals surface area (Å²) in [6.07, 6.45) is 2.28. The molecule has 0 bridgehead atoms. The number of hydrogen-bond acceptors (Lipinski definition) is 11. The summed E-state index contributed by atoms with van der Waals surface area (Å²) in [5.41, 5.74) is 8.05. The van der Waals surface area contributed by atoms with Gasteiger partial charge in [-0.05, 0) is 19.8 Å². The highest BCUT2D eigenvalue weighted by atomic mass is 19.2. The Hall–Kier alpha value is -4.41. The summed E-state index contributed by atoms with van der Waals surface area (Å²) in [6, 6.07) is 0. The average Bonchev–Trinajstić information content (AvgIpc) is 2.93. The molecule has 1 heterocycles. The molecule has 0 aliphatic carbocycles. The number of aromatic nitrogens is 2. The van der Waals surface area contributed by atoms with Gasteiger partial charge in [0.25, 0.3) is 5.91 Å². The highest BCUT2D eigenvalue weighted by Gasteiger charge is 2.31. The molecule has 1 aromatic carbocycles. The second kappa shape index (κ2) is 17.2. The maximum absolute atomic E-state index is 13.6. The number of nitro groups is 1. The Bertz CT molecular complexity index is 1170. The maximum Gasteiger partial charge on any atom is 0.333 e. The van der Waals surface area contributed by atoms with Crippen molar-refractivity contribution in [1.82, 2.24) is 20.6 Å². The van der Waals surface area contributed by atoms with Crippen LogP contribution in [0.1, 0.15) is 42.9 Å². The first kappa shape index (κ1) is 33.6. The fraction of sp³-hybridized carbons (Fsp3) is 0.478. The number of rotatable bonds is 15. The van der Waals surface area contributed by atoms with Gasteiger partial charge in [0.2, 0.25) is 12.2 Å². The van der Waals surface area contributed by atoms with Gasteiger partial charge in [-0.3, -0.25) is 19.7 Å². The maximum atomic E-state index is 13.6. The van der Waals surface area contributed by atoms with Gasteiger partial charge in [-0.1, -0.05) is 13.8 Å². The molecule has 0 atom stereocenters. The van der Waals surface area contributed by atoms with Crippen LogP contribution in [0.25, 0.3) is 0 Å². The molecule has 0 radical (unpaired) electrons. The summed E-state index contributed by atoms with van der Waals surface area (Å²) >= 11 is 0. The smallest absolute Gasteiger partial charge is 0.333 e. The van der Waals surface area contributed by atoms with E-state index in [9.17, 15) is 32.9 Å². The molecule has 0 spiro atoms. The Morgan fingerprint density at radius 1 is 0.950 bits per heavy atom. The lowest BCUT2D eigenvalue weighted by Crippen LogP contribution is -2.31. The number of carbonyl (C=O) groups is 2. The number of hydrogen-bond donors (Lipinski definition) is 7. The largest absolute Gasteiger partial charge is 0.394 e. The van der Waals surface area contributed by atoms with Crippen LogP contribution in [0.2, 0.25) is 0 Å². The molecule has 0 unspecified atom stereocenters. The van der Waals surface area contributed by atoms with Gasteiger partial charge in [0.15, 0.2) is 28.8 Å². The summed E-state index contributed by atoms with van der Waals surface area (Å²) in [4.78, 5) is 40.4. The van der Waals surface area contributed by atoms with Crippen LogP contribution in [-0.2, 0) is 4.79 Å². The Labute approximate surface area is 229 Å². The molecule has 2 amide bonds. The van der Waals surface area contributed by atoms with Crippen LogP contribution in [0.3, 0.4) is 0 Å². The van der Waals surface area contributed by atoms with E-state index in [4.69, 9.17) is 11.5 Å². The molecule has 9 N–H and O–H groups in total. The van der Waals surface area contributed by atoms with Crippen molar-refractivity contribution in [3.63, 3.8) is 0 Å². The Morgan fingerprint density at radius 2 is 1.57 bits per heavy atom. The molecule has 0 saturated heterocycles. The van der Waals surface area contributed by atoms with E-state index in [1.807, 2.05) is 6.92 Å². The number of aryl methyl sites for hydroxylation is 1. The number of halogens is 3. The summed E-state index contributed by atoms with van der Waals surface area (Å²) in [7, 11) is 0. The first-order valence-electron chi connectivity index (χ1n) is 12.4. The van der Waals surface area contributed by atoms with E-state index in [1.54, 1.807) is 0 Å². The normalized spacial score (nSPS) is 10.2. The number of anilines is 4. The van der Waals surface area contributed by atoms with Crippen molar-refractivity contribution < 1.29 is 27.7 Å². The highest BCUT2D eigenvalue weighted by Crippen LogP contribution is 2.36. The molecule has 0 aliphatic rings. The van der Waals surface area contributed by atoms with Crippen LogP contribution >= 0.6 is 0 Å². The zero-order valence-corrected chi connectivity index (χ0v) is 22.5. The average molecular weight is 573 g/mol. The predicted molar refractivity (Wildman–Crippen MR) is 146 cm³/mol. The first-order valence-corrected chi connectivity index (χ1v) is 12.4. The van der Waals surface area contributed by atoms with Crippen molar-refractivity contribution >= 4 is 41.0 Å². The lowest BCUT2D eigenvalue weighted by molar-refractivity contribution is -0.387. The minimum Gasteiger partial charge on any atom is -0.394 e. The van der Waals surface area contributed by atoms with Gasteiger partial charge < -0.3 is 38.1 Å². The van der Waals surface area contributed by atoms with Gasteiger partial charge in [-0.15, -0.1) is 0 Å². The molecular weight excluding hydrogens is 537 g/mol. The zero-order valence-electron chi connectivity index (χ0n) is 22.5. The minimum atomic E-state index is -1.85. The molecule has 17 heteroatoms. The predicted octanol–water partition coefficient (Wildman–Crippen LogP) is 1.87. The van der Waals surface area contributed by atoms with Crippen molar-refractivity contribution in [2.45, 2.75) is 33.6 Å². The summed E-state index contributed by atoms with van der Waals surface area (Å²) in [5, 5.41) is 24.1. The number of nitrogens with zero attached hydrogens (tertiary/aromatic N) is 3. The van der Waals surface area contributed by atoms with E-state index in [-0.39, 0.29) is 19.0 Å². The number of benzene rings is 1. The van der Waals surface area contributed by atoms with E-state index in [1.165, 1.54) is 0 Å². The SMILES string of the molecule is CCCNc1nc(C(=O)NCCN)c(NCCC)nc1C.Nc1c(F)c(F)c([N+](=O)[O-])c(NCCNC=O)c1F. The number of amides is 2. The van der Waals surface area contributed by atoms with Crippen LogP contribution in [0.15, 0.2) is 0 Å². The molecule has 40 heavy (non-hydrogen) atoms. The Balaban J connectivity index is 0.000000402. The lowest BCUT2D eigenvalue weighted by Gasteiger charge is -2.14. The van der Waals surface area contributed by atoms with E-state index in [2.05, 4.69) is 50.4 Å². The number of nitrogens with one attached hydrogen (secondary N) is 5. The molecule has 14 nitrogen and oxygen atoms in total. The molecule has 1 aromatic heterocycles. The Kier molecular flexibility index (Phi) is 14.5. The molecule has 0 saturated carbocycles. The van der Waals surface area contributed by atoms with E-state index >= 15 is 0 Å². The summed E-state index contributed by atoms with van der Waals surface area (Å²) < 4.78 is 40.0. The summed E-state index contributed by atoms with van der Waals surface area (Å²) in [5.74, 6) is -4.22. The topological polar surface area (TPSA) is 215 Å². The van der Waals surface area contributed by atoms with Gasteiger partial charge in [0.1, 0.15) is 11.5 Å². The quantitative estimate of drug-likeness (QED) is 0.0408. The zero-order chi connectivity index (χ0) is 30.2. The second-order valence-electron chi connectivity index (χ2n) is 8.09. The van der Waals surface area contributed by atoms with Gasteiger partial charge in [-0.2, -0.15) is 4.39 Å². The molecule has 0 fully saturated rings. The van der Waals surface area contributed by atoms with Crippen LogP contribution in [0, 0.1) is 34.5 Å². The van der Waals surface area contributed by atoms with Crippen LogP contribution in [0.4, 0.5) is 41.9 Å². The van der Waals surface area contributed by atoms with Crippen LogP contribution in [-0.4, -0.2) is 66.5 Å².